The van der Waals surface area contributed by atoms with Crippen LogP contribution in [0.25, 0.3) is 0 Å². The Labute approximate surface area is 158 Å². The largest absolute Gasteiger partial charge is 0.462 e. The third-order valence-corrected chi connectivity index (χ3v) is 3.98. The van der Waals surface area contributed by atoms with Crippen LogP contribution >= 0.6 is 0 Å². The van der Waals surface area contributed by atoms with Crippen LogP contribution in [-0.2, 0) is 11.2 Å². The number of esters is 2. The second-order valence-corrected chi connectivity index (χ2v) is 6.01. The molecule has 0 fully saturated rings. The molecule has 0 aliphatic heterocycles. The Balaban J connectivity index is 1.52. The topological polar surface area (TPSA) is 52.6 Å². The van der Waals surface area contributed by atoms with Crippen LogP contribution in [0.4, 0.5) is 0 Å². The van der Waals surface area contributed by atoms with E-state index in [0.29, 0.717) is 23.5 Å². The maximum Gasteiger partial charge on any atom is 0.343 e. The van der Waals surface area contributed by atoms with E-state index in [9.17, 15) is 9.59 Å². The van der Waals surface area contributed by atoms with Crippen LogP contribution in [0.3, 0.4) is 0 Å². The van der Waals surface area contributed by atoms with Crippen molar-refractivity contribution in [1.29, 1.82) is 0 Å². The van der Waals surface area contributed by atoms with Crippen LogP contribution < -0.4 is 4.74 Å². The molecular weight excluding hydrogens is 340 g/mol. The van der Waals surface area contributed by atoms with Crippen LogP contribution in [0, 0.1) is 0 Å². The Kier molecular flexibility index (Phi) is 6.36. The summed E-state index contributed by atoms with van der Waals surface area (Å²) < 4.78 is 10.6. The molecule has 0 spiro atoms. The van der Waals surface area contributed by atoms with Crippen LogP contribution in [0.5, 0.6) is 5.75 Å². The van der Waals surface area contributed by atoms with Gasteiger partial charge in [0.2, 0.25) is 0 Å². The molecule has 0 radical (unpaired) electrons. The highest BCUT2D eigenvalue weighted by Crippen LogP contribution is 2.16. The number of hydrogen-bond acceptors (Lipinski definition) is 4. The Morgan fingerprint density at radius 3 is 2.11 bits per heavy atom. The van der Waals surface area contributed by atoms with Gasteiger partial charge < -0.3 is 9.47 Å². The van der Waals surface area contributed by atoms with Gasteiger partial charge in [0, 0.05) is 0 Å². The number of carbonyl (C=O) groups excluding carboxylic acids is 2. The molecule has 0 bridgehead atoms. The minimum atomic E-state index is -0.469. The number of benzene rings is 3. The monoisotopic (exact) mass is 360 g/mol. The zero-order valence-corrected chi connectivity index (χ0v) is 14.8. The van der Waals surface area contributed by atoms with Gasteiger partial charge in [-0.3, -0.25) is 0 Å². The number of rotatable bonds is 7. The molecule has 136 valence electrons. The average Bonchev–Trinajstić information content (AvgIpc) is 2.72. The zero-order valence-electron chi connectivity index (χ0n) is 14.8. The van der Waals surface area contributed by atoms with E-state index < -0.39 is 11.9 Å². The molecule has 0 saturated carbocycles. The second-order valence-electron chi connectivity index (χ2n) is 6.01. The van der Waals surface area contributed by atoms with Crippen molar-refractivity contribution >= 4 is 11.9 Å². The lowest BCUT2D eigenvalue weighted by Gasteiger charge is -2.08. The van der Waals surface area contributed by atoms with E-state index in [2.05, 4.69) is 0 Å². The van der Waals surface area contributed by atoms with Crippen LogP contribution in [0.2, 0.25) is 0 Å². The minimum Gasteiger partial charge on any atom is -0.462 e. The molecule has 3 rings (SSSR count). The van der Waals surface area contributed by atoms with E-state index in [0.717, 1.165) is 12.8 Å². The SMILES string of the molecule is O=C(OCCCc1ccccc1)c1cccc(OC(=O)c2ccccc2)c1. The Bertz CT molecular complexity index is 889. The minimum absolute atomic E-state index is 0.308. The zero-order chi connectivity index (χ0) is 18.9. The molecule has 0 aromatic heterocycles. The summed E-state index contributed by atoms with van der Waals surface area (Å²) in [4.78, 5) is 24.3. The molecule has 0 saturated heterocycles. The lowest BCUT2D eigenvalue weighted by atomic mass is 10.1. The summed E-state index contributed by atoms with van der Waals surface area (Å²) >= 11 is 0. The van der Waals surface area contributed by atoms with E-state index in [4.69, 9.17) is 9.47 Å². The highest BCUT2D eigenvalue weighted by Gasteiger charge is 2.11. The maximum absolute atomic E-state index is 12.2. The summed E-state index contributed by atoms with van der Waals surface area (Å²) in [5.74, 6) is -0.591. The lowest BCUT2D eigenvalue weighted by molar-refractivity contribution is 0.0498. The van der Waals surface area contributed by atoms with Gasteiger partial charge in [-0.2, -0.15) is 0 Å². The smallest absolute Gasteiger partial charge is 0.343 e. The quantitative estimate of drug-likeness (QED) is 0.348. The van der Waals surface area contributed by atoms with Gasteiger partial charge >= 0.3 is 11.9 Å². The van der Waals surface area contributed by atoms with Crippen molar-refractivity contribution in [2.24, 2.45) is 0 Å². The van der Waals surface area contributed by atoms with Gasteiger partial charge in [-0.25, -0.2) is 9.59 Å². The molecule has 3 aromatic carbocycles. The van der Waals surface area contributed by atoms with Crippen molar-refractivity contribution in [3.63, 3.8) is 0 Å². The maximum atomic E-state index is 12.2. The summed E-state index contributed by atoms with van der Waals surface area (Å²) in [6, 6.07) is 25.2. The van der Waals surface area contributed by atoms with Gasteiger partial charge in [0.25, 0.3) is 0 Å². The number of hydrogen-bond donors (Lipinski definition) is 0. The standard InChI is InChI=1S/C23H20O4/c24-22(26-16-8-11-18-9-3-1-4-10-18)20-14-7-15-21(17-20)27-23(25)19-12-5-2-6-13-19/h1-7,9-10,12-15,17H,8,11,16H2. The molecule has 0 atom stereocenters. The van der Waals surface area contributed by atoms with Gasteiger partial charge in [0.1, 0.15) is 5.75 Å². The summed E-state index contributed by atoms with van der Waals surface area (Å²) in [5, 5.41) is 0. The van der Waals surface area contributed by atoms with Crippen LogP contribution in [0.1, 0.15) is 32.7 Å². The molecular formula is C23H20O4. The van der Waals surface area contributed by atoms with Crippen molar-refractivity contribution in [3.8, 4) is 5.75 Å². The molecule has 0 heterocycles. The number of aryl methyl sites for hydroxylation is 1. The van der Waals surface area contributed by atoms with Gasteiger partial charge in [-0.15, -0.1) is 0 Å². The molecule has 0 N–H and O–H groups in total. The summed E-state index contributed by atoms with van der Waals surface area (Å²) in [6.07, 6.45) is 1.60. The lowest BCUT2D eigenvalue weighted by Crippen LogP contribution is -2.10. The van der Waals surface area contributed by atoms with E-state index in [-0.39, 0.29) is 0 Å². The first-order valence-electron chi connectivity index (χ1n) is 8.81. The second kappa shape index (κ2) is 9.34. The number of ether oxygens (including phenoxy) is 2. The van der Waals surface area contributed by atoms with Crippen molar-refractivity contribution < 1.29 is 19.1 Å². The molecule has 0 aliphatic carbocycles. The first kappa shape index (κ1) is 18.4. The first-order chi connectivity index (χ1) is 13.2. The molecule has 3 aromatic rings. The third-order valence-electron chi connectivity index (χ3n) is 3.98. The van der Waals surface area contributed by atoms with E-state index >= 15 is 0 Å². The van der Waals surface area contributed by atoms with E-state index in [1.807, 2.05) is 36.4 Å². The molecule has 27 heavy (non-hydrogen) atoms. The fraction of sp³-hybridized carbons (Fsp3) is 0.130. The predicted molar refractivity (Wildman–Crippen MR) is 103 cm³/mol. The Hall–Kier alpha value is -3.40. The highest BCUT2D eigenvalue weighted by atomic mass is 16.5. The number of carbonyl (C=O) groups is 2. The highest BCUT2D eigenvalue weighted by molar-refractivity contribution is 5.92. The third kappa shape index (κ3) is 5.54. The first-order valence-corrected chi connectivity index (χ1v) is 8.81. The fourth-order valence-corrected chi connectivity index (χ4v) is 2.60. The van der Waals surface area contributed by atoms with Gasteiger partial charge in [-0.05, 0) is 48.7 Å². The molecule has 0 unspecified atom stereocenters. The predicted octanol–water partition coefficient (Wildman–Crippen LogP) is 4.70. The van der Waals surface area contributed by atoms with E-state index in [1.54, 1.807) is 42.5 Å². The van der Waals surface area contributed by atoms with Crippen LogP contribution in [-0.4, -0.2) is 18.5 Å². The summed E-state index contributed by atoms with van der Waals surface area (Å²) in [5.41, 5.74) is 2.02. The van der Waals surface area contributed by atoms with Crippen molar-refractivity contribution in [1.82, 2.24) is 0 Å². The van der Waals surface area contributed by atoms with Gasteiger partial charge in [0.05, 0.1) is 17.7 Å². The Morgan fingerprint density at radius 2 is 1.37 bits per heavy atom. The summed E-state index contributed by atoms with van der Waals surface area (Å²) in [7, 11) is 0. The fourth-order valence-electron chi connectivity index (χ4n) is 2.60. The Morgan fingerprint density at radius 1 is 0.704 bits per heavy atom. The molecule has 0 aliphatic rings. The molecule has 4 heteroatoms. The van der Waals surface area contributed by atoms with Crippen LogP contribution in [0.15, 0.2) is 84.9 Å². The average molecular weight is 360 g/mol. The van der Waals surface area contributed by atoms with Crippen molar-refractivity contribution in [2.75, 3.05) is 6.61 Å². The normalized spacial score (nSPS) is 10.2. The van der Waals surface area contributed by atoms with Gasteiger partial charge in [-0.1, -0.05) is 54.6 Å². The summed E-state index contributed by atoms with van der Waals surface area (Å²) in [6.45, 7) is 0.335. The molecule has 4 nitrogen and oxygen atoms in total. The molecule has 0 amide bonds. The van der Waals surface area contributed by atoms with Crippen molar-refractivity contribution in [3.05, 3.63) is 102 Å². The van der Waals surface area contributed by atoms with Crippen molar-refractivity contribution in [2.45, 2.75) is 12.8 Å². The van der Waals surface area contributed by atoms with E-state index in [1.165, 1.54) is 11.6 Å². The van der Waals surface area contributed by atoms with Gasteiger partial charge in [0.15, 0.2) is 0 Å².